The highest BCUT2D eigenvalue weighted by Gasteiger charge is 2.26. The monoisotopic (exact) mass is 432 g/mol. The third kappa shape index (κ3) is 3.74. The molecule has 5 rings (SSSR count). The van der Waals surface area contributed by atoms with Crippen LogP contribution in [0.15, 0.2) is 43.0 Å². The largest absolute Gasteiger partial charge is 0.394 e. The number of rotatable bonds is 5. The zero-order valence-corrected chi connectivity index (χ0v) is 18.6. The minimum absolute atomic E-state index is 0.00633. The Bertz CT molecular complexity index is 1250. The molecule has 1 atom stereocenters. The van der Waals surface area contributed by atoms with E-state index in [9.17, 15) is 5.11 Å². The van der Waals surface area contributed by atoms with Crippen molar-refractivity contribution in [2.75, 3.05) is 36.5 Å². The Morgan fingerprint density at radius 3 is 2.78 bits per heavy atom. The molecule has 0 aromatic carbocycles. The van der Waals surface area contributed by atoms with Gasteiger partial charge in [0.2, 0.25) is 5.95 Å². The summed E-state index contributed by atoms with van der Waals surface area (Å²) in [6, 6.07) is 5.84. The summed E-state index contributed by atoms with van der Waals surface area (Å²) in [5, 5.41) is 18.5. The van der Waals surface area contributed by atoms with Crippen molar-refractivity contribution in [3.63, 3.8) is 0 Å². The summed E-state index contributed by atoms with van der Waals surface area (Å²) in [4.78, 5) is 20.4. The Hall–Kier alpha value is -3.30. The third-order valence-electron chi connectivity index (χ3n) is 5.98. The van der Waals surface area contributed by atoms with E-state index >= 15 is 0 Å². The van der Waals surface area contributed by atoms with Crippen LogP contribution >= 0.6 is 0 Å². The first-order valence-corrected chi connectivity index (χ1v) is 10.9. The molecule has 0 radical (unpaired) electrons. The van der Waals surface area contributed by atoms with Crippen LogP contribution in [0.1, 0.15) is 26.8 Å². The second-order valence-electron chi connectivity index (χ2n) is 8.98. The highest BCUT2D eigenvalue weighted by Crippen LogP contribution is 2.30. The minimum atomic E-state index is -0.136. The van der Waals surface area contributed by atoms with E-state index in [-0.39, 0.29) is 18.2 Å². The Balaban J connectivity index is 1.44. The van der Waals surface area contributed by atoms with Crippen LogP contribution in [0.25, 0.3) is 21.9 Å². The highest BCUT2D eigenvalue weighted by atomic mass is 16.3. The van der Waals surface area contributed by atoms with Crippen molar-refractivity contribution in [1.29, 1.82) is 0 Å². The number of aliphatic hydroxyl groups is 1. The second-order valence-corrected chi connectivity index (χ2v) is 8.98. The number of hydrogen-bond donors (Lipinski definition) is 3. The maximum atomic E-state index is 9.78. The fourth-order valence-electron chi connectivity index (χ4n) is 4.38. The van der Waals surface area contributed by atoms with Gasteiger partial charge in [0.1, 0.15) is 11.5 Å². The van der Waals surface area contributed by atoms with E-state index in [2.05, 4.69) is 50.4 Å². The molecule has 3 N–H and O–H groups in total. The van der Waals surface area contributed by atoms with Crippen molar-refractivity contribution >= 4 is 39.4 Å². The summed E-state index contributed by atoms with van der Waals surface area (Å²) >= 11 is 0. The number of hydrogen-bond acceptors (Lipinski definition) is 8. The molecule has 4 aromatic rings. The van der Waals surface area contributed by atoms with Gasteiger partial charge < -0.3 is 25.2 Å². The zero-order valence-electron chi connectivity index (χ0n) is 18.6. The van der Waals surface area contributed by atoms with E-state index in [4.69, 9.17) is 4.98 Å². The minimum Gasteiger partial charge on any atom is -0.394 e. The molecule has 1 fully saturated rings. The van der Waals surface area contributed by atoms with Crippen molar-refractivity contribution in [2.45, 2.75) is 32.4 Å². The van der Waals surface area contributed by atoms with Crippen molar-refractivity contribution in [3.05, 3.63) is 43.0 Å². The van der Waals surface area contributed by atoms with Gasteiger partial charge in [-0.3, -0.25) is 4.98 Å². The number of piperazine rings is 1. The number of aliphatic hydroxyl groups excluding tert-OH is 1. The lowest BCUT2D eigenvalue weighted by Gasteiger charge is -2.40. The topological polar surface area (TPSA) is 104 Å². The maximum Gasteiger partial charge on any atom is 0.230 e. The van der Waals surface area contributed by atoms with E-state index in [1.807, 2.05) is 36.0 Å². The quantitative estimate of drug-likeness (QED) is 0.442. The lowest BCUT2D eigenvalue weighted by Crippen LogP contribution is -2.57. The molecule has 9 nitrogen and oxygen atoms in total. The number of nitrogens with one attached hydrogen (secondary N) is 2. The van der Waals surface area contributed by atoms with Crippen molar-refractivity contribution in [2.24, 2.45) is 0 Å². The molecule has 0 amide bonds. The molecule has 166 valence electrons. The molecular formula is C23H28N8O. The SMILES string of the molecule is C[C@H](CO)n1c2cnccc2c2cnc(Nc3ccc(N4CCNC(C)(C)C4)cn3)nc21. The molecular weight excluding hydrogens is 404 g/mol. The molecule has 1 aliphatic rings. The summed E-state index contributed by atoms with van der Waals surface area (Å²) in [5.41, 5.74) is 2.87. The van der Waals surface area contributed by atoms with Gasteiger partial charge in [-0.05, 0) is 39.0 Å². The smallest absolute Gasteiger partial charge is 0.230 e. The van der Waals surface area contributed by atoms with Crippen molar-refractivity contribution in [1.82, 2.24) is 29.8 Å². The van der Waals surface area contributed by atoms with Crippen LogP contribution in [-0.2, 0) is 0 Å². The molecule has 1 saturated heterocycles. The molecule has 0 saturated carbocycles. The van der Waals surface area contributed by atoms with Crippen LogP contribution in [0.2, 0.25) is 0 Å². The number of pyridine rings is 2. The fourth-order valence-corrected chi connectivity index (χ4v) is 4.38. The molecule has 0 aliphatic carbocycles. The van der Waals surface area contributed by atoms with Crippen LogP contribution in [0.3, 0.4) is 0 Å². The summed E-state index contributed by atoms with van der Waals surface area (Å²) in [6.07, 6.45) is 7.25. The standard InChI is InChI=1S/C23H28N8O/c1-15(13-32)31-19-12-24-7-6-17(19)18-11-26-22(29-21(18)31)28-20-5-4-16(10-25-20)30-9-8-27-23(2,3)14-30/h4-7,10-12,15,27,32H,8-9,13-14H2,1-3H3,(H,25,26,28,29)/t15-/m1/s1. The van der Waals surface area contributed by atoms with Gasteiger partial charge in [-0.2, -0.15) is 4.98 Å². The van der Waals surface area contributed by atoms with Crippen molar-refractivity contribution < 1.29 is 5.11 Å². The predicted octanol–water partition coefficient (Wildman–Crippen LogP) is 2.86. The normalized spacial score (nSPS) is 17.1. The highest BCUT2D eigenvalue weighted by molar-refractivity contribution is 6.06. The lowest BCUT2D eigenvalue weighted by molar-refractivity contribution is 0.243. The van der Waals surface area contributed by atoms with Crippen LogP contribution in [-0.4, -0.2) is 61.4 Å². The molecule has 0 bridgehead atoms. The molecule has 0 unspecified atom stereocenters. The van der Waals surface area contributed by atoms with E-state index < -0.39 is 0 Å². The summed E-state index contributed by atoms with van der Waals surface area (Å²) < 4.78 is 2.01. The van der Waals surface area contributed by atoms with Crippen LogP contribution in [0, 0.1) is 0 Å². The third-order valence-corrected chi connectivity index (χ3v) is 5.98. The maximum absolute atomic E-state index is 9.78. The first-order valence-electron chi connectivity index (χ1n) is 10.9. The van der Waals surface area contributed by atoms with Crippen molar-refractivity contribution in [3.8, 4) is 0 Å². The molecule has 32 heavy (non-hydrogen) atoms. The van der Waals surface area contributed by atoms with Gasteiger partial charge in [0.05, 0.1) is 36.2 Å². The van der Waals surface area contributed by atoms with Crippen LogP contribution < -0.4 is 15.5 Å². The first kappa shape index (κ1) is 20.6. The average Bonchev–Trinajstić information content (AvgIpc) is 3.12. The van der Waals surface area contributed by atoms with Gasteiger partial charge in [0, 0.05) is 48.3 Å². The molecule has 4 aromatic heterocycles. The number of nitrogens with zero attached hydrogens (tertiary/aromatic N) is 6. The number of aromatic nitrogens is 5. The van der Waals surface area contributed by atoms with E-state index in [0.717, 1.165) is 47.3 Å². The molecule has 9 heteroatoms. The Kier molecular flexibility index (Phi) is 5.15. The van der Waals surface area contributed by atoms with Gasteiger partial charge >= 0.3 is 0 Å². The number of anilines is 3. The summed E-state index contributed by atoms with van der Waals surface area (Å²) in [6.45, 7) is 9.23. The molecule has 1 aliphatic heterocycles. The van der Waals surface area contributed by atoms with Gasteiger partial charge in [-0.1, -0.05) is 0 Å². The Morgan fingerprint density at radius 2 is 2.03 bits per heavy atom. The second kappa shape index (κ2) is 7.99. The summed E-state index contributed by atoms with van der Waals surface area (Å²) in [5.74, 6) is 1.14. The predicted molar refractivity (Wildman–Crippen MR) is 126 cm³/mol. The molecule has 5 heterocycles. The first-order chi connectivity index (χ1) is 15.4. The van der Waals surface area contributed by atoms with E-state index in [0.29, 0.717) is 11.8 Å². The van der Waals surface area contributed by atoms with Crippen LogP contribution in [0.5, 0.6) is 0 Å². The lowest BCUT2D eigenvalue weighted by atomic mass is 10.0. The van der Waals surface area contributed by atoms with Crippen LogP contribution in [0.4, 0.5) is 17.5 Å². The van der Waals surface area contributed by atoms with Gasteiger partial charge in [0.25, 0.3) is 0 Å². The van der Waals surface area contributed by atoms with E-state index in [1.165, 1.54) is 0 Å². The fraction of sp³-hybridized carbons (Fsp3) is 0.391. The summed E-state index contributed by atoms with van der Waals surface area (Å²) in [7, 11) is 0. The molecule has 0 spiro atoms. The Labute approximate surface area is 186 Å². The van der Waals surface area contributed by atoms with Gasteiger partial charge in [-0.15, -0.1) is 0 Å². The van der Waals surface area contributed by atoms with E-state index in [1.54, 1.807) is 12.4 Å². The average molecular weight is 433 g/mol. The van der Waals surface area contributed by atoms with Gasteiger partial charge in [0.15, 0.2) is 0 Å². The Morgan fingerprint density at radius 1 is 1.16 bits per heavy atom. The zero-order chi connectivity index (χ0) is 22.3. The number of fused-ring (bicyclic) bond motifs is 3. The van der Waals surface area contributed by atoms with Gasteiger partial charge in [-0.25, -0.2) is 9.97 Å².